The van der Waals surface area contributed by atoms with Crippen LogP contribution in [0.2, 0.25) is 0 Å². The van der Waals surface area contributed by atoms with Gasteiger partial charge in [-0.25, -0.2) is 9.78 Å². The lowest BCUT2D eigenvalue weighted by Crippen LogP contribution is -2.49. The number of carbonyl (C=O) groups excluding carboxylic acids is 1. The third-order valence-electron chi connectivity index (χ3n) is 5.00. The van der Waals surface area contributed by atoms with E-state index >= 15 is 0 Å². The highest BCUT2D eigenvalue weighted by molar-refractivity contribution is 5.75. The Balaban J connectivity index is 1.83. The van der Waals surface area contributed by atoms with Gasteiger partial charge >= 0.3 is 6.03 Å². The lowest BCUT2D eigenvalue weighted by atomic mass is 9.93. The van der Waals surface area contributed by atoms with Crippen molar-refractivity contribution in [1.82, 2.24) is 15.2 Å². The zero-order valence-electron chi connectivity index (χ0n) is 14.0. The van der Waals surface area contributed by atoms with E-state index in [0.717, 1.165) is 36.3 Å². The molecule has 2 N–H and O–H groups in total. The summed E-state index contributed by atoms with van der Waals surface area (Å²) in [6.07, 6.45) is 4.10. The summed E-state index contributed by atoms with van der Waals surface area (Å²) < 4.78 is 0. The van der Waals surface area contributed by atoms with Crippen LogP contribution in [0.15, 0.2) is 12.1 Å². The second-order valence-electron chi connectivity index (χ2n) is 6.67. The second kappa shape index (κ2) is 6.74. The Morgan fingerprint density at radius 1 is 1.39 bits per heavy atom. The maximum Gasteiger partial charge on any atom is 0.317 e. The fraction of sp³-hybridized carbons (Fsp3) is 0.647. The number of aliphatic hydroxyl groups is 1. The average molecular weight is 318 g/mol. The summed E-state index contributed by atoms with van der Waals surface area (Å²) in [6.45, 7) is 3.22. The smallest absolute Gasteiger partial charge is 0.317 e. The van der Waals surface area contributed by atoms with Crippen LogP contribution in [-0.2, 0) is 6.54 Å². The van der Waals surface area contributed by atoms with Crippen molar-refractivity contribution >= 4 is 11.8 Å². The van der Waals surface area contributed by atoms with Crippen molar-refractivity contribution < 1.29 is 9.90 Å². The topological polar surface area (TPSA) is 68.7 Å². The molecule has 6 heteroatoms. The predicted molar refractivity (Wildman–Crippen MR) is 89.4 cm³/mol. The van der Waals surface area contributed by atoms with E-state index in [4.69, 9.17) is 0 Å². The maximum absolute atomic E-state index is 12.5. The van der Waals surface area contributed by atoms with Gasteiger partial charge in [0.2, 0.25) is 0 Å². The van der Waals surface area contributed by atoms with E-state index in [9.17, 15) is 9.90 Å². The van der Waals surface area contributed by atoms with Gasteiger partial charge in [0.25, 0.3) is 0 Å². The zero-order chi connectivity index (χ0) is 16.4. The zero-order valence-corrected chi connectivity index (χ0v) is 14.0. The van der Waals surface area contributed by atoms with Crippen molar-refractivity contribution in [3.05, 3.63) is 23.4 Å². The molecule has 0 radical (unpaired) electrons. The Hall–Kier alpha value is -1.82. The van der Waals surface area contributed by atoms with Crippen LogP contribution in [-0.4, -0.2) is 53.3 Å². The first-order chi connectivity index (χ1) is 11.1. The van der Waals surface area contributed by atoms with Crippen molar-refractivity contribution in [3.8, 4) is 0 Å². The van der Waals surface area contributed by atoms with E-state index in [1.165, 1.54) is 6.42 Å². The summed E-state index contributed by atoms with van der Waals surface area (Å²) in [5, 5.41) is 12.8. The number of nitrogens with one attached hydrogen (secondary N) is 1. The van der Waals surface area contributed by atoms with E-state index < -0.39 is 0 Å². The lowest BCUT2D eigenvalue weighted by molar-refractivity contribution is 0.175. The number of pyridine rings is 1. The highest BCUT2D eigenvalue weighted by atomic mass is 16.3. The molecule has 0 aromatic carbocycles. The molecule has 3 rings (SSSR count). The number of anilines is 1. The number of rotatable bonds is 2. The quantitative estimate of drug-likeness (QED) is 0.870. The molecule has 1 aromatic rings. The Morgan fingerprint density at radius 3 is 2.83 bits per heavy atom. The maximum atomic E-state index is 12.5. The van der Waals surface area contributed by atoms with Crippen molar-refractivity contribution in [2.45, 2.75) is 51.2 Å². The Kier molecular flexibility index (Phi) is 4.71. The van der Waals surface area contributed by atoms with Crippen LogP contribution in [0.1, 0.15) is 36.9 Å². The molecule has 23 heavy (non-hydrogen) atoms. The van der Waals surface area contributed by atoms with Crippen LogP contribution < -0.4 is 10.2 Å². The lowest BCUT2D eigenvalue weighted by Gasteiger charge is -2.37. The van der Waals surface area contributed by atoms with Crippen LogP contribution in [0.5, 0.6) is 0 Å². The number of aliphatic hydroxyl groups excluding tert-OH is 1. The summed E-state index contributed by atoms with van der Waals surface area (Å²) in [5.41, 5.74) is 1.97. The minimum Gasteiger partial charge on any atom is -0.394 e. The van der Waals surface area contributed by atoms with E-state index in [0.29, 0.717) is 19.1 Å². The molecule has 2 aliphatic rings. The number of carbonyl (C=O) groups is 1. The van der Waals surface area contributed by atoms with Crippen LogP contribution in [0.4, 0.5) is 10.6 Å². The Morgan fingerprint density at radius 2 is 2.17 bits per heavy atom. The van der Waals surface area contributed by atoms with Gasteiger partial charge in [-0.1, -0.05) is 6.07 Å². The molecule has 6 nitrogen and oxygen atoms in total. The van der Waals surface area contributed by atoms with Crippen molar-refractivity contribution in [3.63, 3.8) is 0 Å². The first kappa shape index (κ1) is 16.1. The summed E-state index contributed by atoms with van der Waals surface area (Å²) in [5.74, 6) is 0.866. The molecule has 1 aromatic heterocycles. The first-order valence-corrected chi connectivity index (χ1v) is 8.44. The molecular weight excluding hydrogens is 292 g/mol. The minimum absolute atomic E-state index is 0.00229. The van der Waals surface area contributed by atoms with E-state index in [2.05, 4.69) is 10.3 Å². The standard InChI is InChI=1S/C17H26N4O2/c1-12-6-7-13-10-21(17(23)19-14-4-3-5-14)9-8-15(11-22)20(2)16(13)18-12/h6-7,14-15,22H,3-5,8-11H2,1-2H3,(H,19,23)/t15-/m0/s1. The minimum atomic E-state index is -0.0256. The highest BCUT2D eigenvalue weighted by Gasteiger charge is 2.28. The number of nitrogens with zero attached hydrogens (tertiary/aromatic N) is 3. The molecule has 1 atom stereocenters. The van der Waals surface area contributed by atoms with Gasteiger partial charge in [-0.2, -0.15) is 0 Å². The molecule has 0 bridgehead atoms. The average Bonchev–Trinajstić information content (AvgIpc) is 2.49. The number of aryl methyl sites for hydroxylation is 1. The van der Waals surface area contributed by atoms with E-state index in [-0.39, 0.29) is 18.7 Å². The third kappa shape index (κ3) is 3.42. The van der Waals surface area contributed by atoms with Crippen molar-refractivity contribution in [2.75, 3.05) is 25.1 Å². The van der Waals surface area contributed by atoms with Gasteiger partial charge in [-0.3, -0.25) is 0 Å². The summed E-state index contributed by atoms with van der Waals surface area (Å²) in [6, 6.07) is 4.33. The molecule has 2 heterocycles. The van der Waals surface area contributed by atoms with E-state index in [1.54, 1.807) is 0 Å². The third-order valence-corrected chi connectivity index (χ3v) is 5.00. The van der Waals surface area contributed by atoms with Crippen LogP contribution in [0.25, 0.3) is 0 Å². The van der Waals surface area contributed by atoms with Gasteiger partial charge in [0.05, 0.1) is 19.2 Å². The predicted octanol–water partition coefficient (Wildman–Crippen LogP) is 1.65. The van der Waals surface area contributed by atoms with Gasteiger partial charge in [-0.15, -0.1) is 0 Å². The molecule has 1 aliphatic carbocycles. The van der Waals surface area contributed by atoms with Gasteiger partial charge in [-0.05, 0) is 38.7 Å². The molecular formula is C17H26N4O2. The number of likely N-dealkylation sites (N-methyl/N-ethyl adjacent to an activating group) is 1. The summed E-state index contributed by atoms with van der Waals surface area (Å²) >= 11 is 0. The normalized spacial score (nSPS) is 22.0. The number of hydrogen-bond acceptors (Lipinski definition) is 4. The first-order valence-electron chi connectivity index (χ1n) is 8.44. The molecule has 2 amide bonds. The molecule has 1 aliphatic heterocycles. The van der Waals surface area contributed by atoms with Crippen LogP contribution in [0.3, 0.4) is 0 Å². The van der Waals surface area contributed by atoms with Crippen LogP contribution >= 0.6 is 0 Å². The molecule has 1 saturated carbocycles. The number of aromatic nitrogens is 1. The SMILES string of the molecule is Cc1ccc2c(n1)N(C)[C@H](CO)CCN(C(=O)NC1CCC1)C2. The molecule has 0 unspecified atom stereocenters. The van der Waals surface area contributed by atoms with Gasteiger partial charge in [0.1, 0.15) is 5.82 Å². The fourth-order valence-electron chi connectivity index (χ4n) is 3.16. The molecule has 126 valence electrons. The largest absolute Gasteiger partial charge is 0.394 e. The number of hydrogen-bond donors (Lipinski definition) is 2. The summed E-state index contributed by atoms with van der Waals surface area (Å²) in [7, 11) is 1.97. The molecule has 1 fully saturated rings. The van der Waals surface area contributed by atoms with Crippen molar-refractivity contribution in [1.29, 1.82) is 0 Å². The monoisotopic (exact) mass is 318 g/mol. The number of fused-ring (bicyclic) bond motifs is 1. The summed E-state index contributed by atoms with van der Waals surface area (Å²) in [4.78, 5) is 21.1. The highest BCUT2D eigenvalue weighted by Crippen LogP contribution is 2.25. The van der Waals surface area contributed by atoms with Gasteiger partial charge < -0.3 is 20.2 Å². The second-order valence-corrected chi connectivity index (χ2v) is 6.67. The Bertz CT molecular complexity index is 574. The van der Waals surface area contributed by atoms with Crippen molar-refractivity contribution in [2.24, 2.45) is 0 Å². The number of urea groups is 1. The van der Waals surface area contributed by atoms with Gasteiger partial charge in [0.15, 0.2) is 0 Å². The number of amides is 2. The Labute approximate surface area is 137 Å². The fourth-order valence-corrected chi connectivity index (χ4v) is 3.16. The van der Waals surface area contributed by atoms with Gasteiger partial charge in [0, 0.05) is 30.9 Å². The van der Waals surface area contributed by atoms with Crippen LogP contribution in [0, 0.1) is 6.92 Å². The molecule has 0 saturated heterocycles. The van der Waals surface area contributed by atoms with E-state index in [1.807, 2.05) is 35.9 Å². The molecule has 0 spiro atoms.